The molecule has 0 spiro atoms. The summed E-state index contributed by atoms with van der Waals surface area (Å²) in [6.45, 7) is 2.13. The van der Waals surface area contributed by atoms with Gasteiger partial charge in [-0.2, -0.15) is 0 Å². The first kappa shape index (κ1) is 13.8. The van der Waals surface area contributed by atoms with E-state index < -0.39 is 0 Å². The van der Waals surface area contributed by atoms with E-state index in [-0.39, 0.29) is 5.82 Å². The monoisotopic (exact) mass is 292 g/mol. The summed E-state index contributed by atoms with van der Waals surface area (Å²) in [5.41, 5.74) is 0.863. The first-order chi connectivity index (χ1) is 9.72. The van der Waals surface area contributed by atoms with Crippen molar-refractivity contribution >= 4 is 23.0 Å². The van der Waals surface area contributed by atoms with E-state index in [1.807, 2.05) is 0 Å². The van der Waals surface area contributed by atoms with Crippen molar-refractivity contribution in [3.8, 4) is 0 Å². The molecule has 1 saturated carbocycles. The number of halogens is 1. The fourth-order valence-electron chi connectivity index (χ4n) is 3.52. The Hall–Kier alpha value is -1.16. The second-order valence-corrected chi connectivity index (χ2v) is 6.36. The number of nitrogens with one attached hydrogen (secondary N) is 1. The number of piperidine rings is 1. The summed E-state index contributed by atoms with van der Waals surface area (Å²) in [6, 6.07) is 6.38. The van der Waals surface area contributed by atoms with E-state index in [2.05, 4.69) is 10.2 Å². The minimum atomic E-state index is -0.218. The molecule has 4 heteroatoms. The highest BCUT2D eigenvalue weighted by molar-refractivity contribution is 7.80. The Morgan fingerprint density at radius 3 is 2.55 bits per heavy atom. The van der Waals surface area contributed by atoms with Gasteiger partial charge in [-0.25, -0.2) is 4.39 Å². The molecule has 108 valence electrons. The smallest absolute Gasteiger partial charge is 0.173 e. The fourth-order valence-corrected chi connectivity index (χ4v) is 3.80. The molecule has 1 N–H and O–H groups in total. The quantitative estimate of drug-likeness (QED) is 0.787. The molecule has 2 atom stereocenters. The summed E-state index contributed by atoms with van der Waals surface area (Å²) in [7, 11) is 0. The van der Waals surface area contributed by atoms with E-state index in [1.54, 1.807) is 12.1 Å². The lowest BCUT2D eigenvalue weighted by molar-refractivity contribution is 0.131. The van der Waals surface area contributed by atoms with Gasteiger partial charge >= 0.3 is 0 Å². The highest BCUT2D eigenvalue weighted by Crippen LogP contribution is 2.36. The van der Waals surface area contributed by atoms with Gasteiger partial charge in [0.25, 0.3) is 0 Å². The Balaban J connectivity index is 1.58. The van der Waals surface area contributed by atoms with Crippen LogP contribution in [0.15, 0.2) is 24.3 Å². The van der Waals surface area contributed by atoms with Crippen molar-refractivity contribution in [2.45, 2.75) is 32.1 Å². The molecule has 1 aliphatic carbocycles. The number of anilines is 1. The molecule has 3 rings (SSSR count). The molecule has 20 heavy (non-hydrogen) atoms. The second-order valence-electron chi connectivity index (χ2n) is 5.98. The standard InChI is InChI=1S/C16H21FN2S/c17-14-5-7-15(8-6-14)18-16(20)19-10-9-12-3-1-2-4-13(12)11-19/h5-8,12-13H,1-4,9-11H2,(H,18,20)/t12-,13+/m1/s1. The van der Waals surface area contributed by atoms with Gasteiger partial charge in [-0.05, 0) is 61.2 Å². The number of thiocarbonyl (C=S) groups is 1. The summed E-state index contributed by atoms with van der Waals surface area (Å²) >= 11 is 5.50. The van der Waals surface area contributed by atoms with Gasteiger partial charge in [-0.1, -0.05) is 19.3 Å². The molecule has 0 radical (unpaired) electrons. The van der Waals surface area contributed by atoms with Crippen molar-refractivity contribution in [3.63, 3.8) is 0 Å². The van der Waals surface area contributed by atoms with E-state index in [0.29, 0.717) is 0 Å². The van der Waals surface area contributed by atoms with Gasteiger partial charge < -0.3 is 10.2 Å². The van der Waals surface area contributed by atoms with Crippen molar-refractivity contribution in [2.75, 3.05) is 18.4 Å². The summed E-state index contributed by atoms with van der Waals surface area (Å²) in [5.74, 6) is 1.50. The maximum absolute atomic E-state index is 12.9. The second kappa shape index (κ2) is 6.08. The van der Waals surface area contributed by atoms with E-state index in [1.165, 1.54) is 44.2 Å². The third-order valence-corrected chi connectivity index (χ3v) is 5.03. The first-order valence-corrected chi connectivity index (χ1v) is 7.95. The van der Waals surface area contributed by atoms with Gasteiger partial charge in [-0.3, -0.25) is 0 Å². The average molecular weight is 292 g/mol. The van der Waals surface area contributed by atoms with Crippen LogP contribution in [0.1, 0.15) is 32.1 Å². The van der Waals surface area contributed by atoms with E-state index in [0.717, 1.165) is 35.7 Å². The van der Waals surface area contributed by atoms with Crippen LogP contribution in [0, 0.1) is 17.7 Å². The highest BCUT2D eigenvalue weighted by Gasteiger charge is 2.31. The Bertz CT molecular complexity index is 474. The van der Waals surface area contributed by atoms with Crippen molar-refractivity contribution < 1.29 is 4.39 Å². The lowest BCUT2D eigenvalue weighted by Crippen LogP contribution is -2.46. The molecular formula is C16H21FN2S. The molecule has 0 aromatic heterocycles. The number of hydrogen-bond acceptors (Lipinski definition) is 1. The zero-order valence-corrected chi connectivity index (χ0v) is 12.5. The molecule has 2 aliphatic rings. The summed E-state index contributed by atoms with van der Waals surface area (Å²) < 4.78 is 12.9. The first-order valence-electron chi connectivity index (χ1n) is 7.54. The molecule has 0 bridgehead atoms. The van der Waals surface area contributed by atoms with Crippen molar-refractivity contribution in [2.24, 2.45) is 11.8 Å². The molecule has 2 nitrogen and oxygen atoms in total. The van der Waals surface area contributed by atoms with Crippen LogP contribution >= 0.6 is 12.2 Å². The van der Waals surface area contributed by atoms with Crippen LogP contribution in [0.3, 0.4) is 0 Å². The van der Waals surface area contributed by atoms with E-state index >= 15 is 0 Å². The molecule has 1 heterocycles. The van der Waals surface area contributed by atoms with Crippen LogP contribution in [0.25, 0.3) is 0 Å². The molecule has 0 amide bonds. The molecular weight excluding hydrogens is 271 g/mol. The minimum Gasteiger partial charge on any atom is -0.349 e. The van der Waals surface area contributed by atoms with Crippen molar-refractivity contribution in [1.29, 1.82) is 0 Å². The molecule has 1 aliphatic heterocycles. The molecule has 2 fully saturated rings. The van der Waals surface area contributed by atoms with Gasteiger partial charge in [0, 0.05) is 18.8 Å². The van der Waals surface area contributed by atoms with Crippen LogP contribution in [0.4, 0.5) is 10.1 Å². The number of nitrogens with zero attached hydrogens (tertiary/aromatic N) is 1. The number of hydrogen-bond donors (Lipinski definition) is 1. The molecule has 0 unspecified atom stereocenters. The number of fused-ring (bicyclic) bond motifs is 1. The Labute approximate surface area is 125 Å². The lowest BCUT2D eigenvalue weighted by Gasteiger charge is -2.42. The highest BCUT2D eigenvalue weighted by atomic mass is 32.1. The lowest BCUT2D eigenvalue weighted by atomic mass is 9.75. The van der Waals surface area contributed by atoms with E-state index in [9.17, 15) is 4.39 Å². The van der Waals surface area contributed by atoms with Crippen LogP contribution in [0.2, 0.25) is 0 Å². The summed E-state index contributed by atoms with van der Waals surface area (Å²) in [6.07, 6.45) is 6.78. The largest absolute Gasteiger partial charge is 0.349 e. The fraction of sp³-hybridized carbons (Fsp3) is 0.562. The van der Waals surface area contributed by atoms with Crippen molar-refractivity contribution in [3.05, 3.63) is 30.1 Å². The summed E-state index contributed by atoms with van der Waals surface area (Å²) in [4.78, 5) is 2.28. The van der Waals surface area contributed by atoms with E-state index in [4.69, 9.17) is 12.2 Å². The molecule has 1 aromatic carbocycles. The summed E-state index contributed by atoms with van der Waals surface area (Å²) in [5, 5.41) is 4.00. The van der Waals surface area contributed by atoms with Gasteiger partial charge in [0.15, 0.2) is 5.11 Å². The maximum atomic E-state index is 12.9. The normalized spacial score (nSPS) is 25.9. The Morgan fingerprint density at radius 2 is 1.80 bits per heavy atom. The maximum Gasteiger partial charge on any atom is 0.173 e. The van der Waals surface area contributed by atoms with Gasteiger partial charge in [0.1, 0.15) is 5.82 Å². The van der Waals surface area contributed by atoms with Gasteiger partial charge in [0.2, 0.25) is 0 Å². The Morgan fingerprint density at radius 1 is 1.10 bits per heavy atom. The SMILES string of the molecule is Fc1ccc(NC(=S)N2CC[C@H]3CCCC[C@H]3C2)cc1. The van der Waals surface area contributed by atoms with Crippen molar-refractivity contribution in [1.82, 2.24) is 4.90 Å². The Kier molecular flexibility index (Phi) is 4.20. The van der Waals surface area contributed by atoms with Gasteiger partial charge in [0.05, 0.1) is 0 Å². The van der Waals surface area contributed by atoms with Crippen LogP contribution in [0.5, 0.6) is 0 Å². The third kappa shape index (κ3) is 3.11. The van der Waals surface area contributed by atoms with Crippen LogP contribution in [-0.2, 0) is 0 Å². The topological polar surface area (TPSA) is 15.3 Å². The average Bonchev–Trinajstić information content (AvgIpc) is 2.49. The van der Waals surface area contributed by atoms with Gasteiger partial charge in [-0.15, -0.1) is 0 Å². The molecule has 1 aromatic rings. The zero-order chi connectivity index (χ0) is 13.9. The zero-order valence-electron chi connectivity index (χ0n) is 11.6. The van der Waals surface area contributed by atoms with Crippen LogP contribution in [-0.4, -0.2) is 23.1 Å². The number of likely N-dealkylation sites (tertiary alicyclic amines) is 1. The number of benzene rings is 1. The number of rotatable bonds is 1. The third-order valence-electron chi connectivity index (χ3n) is 4.67. The van der Waals surface area contributed by atoms with Crippen LogP contribution < -0.4 is 5.32 Å². The minimum absolute atomic E-state index is 0.218. The predicted molar refractivity (Wildman–Crippen MR) is 84.3 cm³/mol. The predicted octanol–water partition coefficient (Wildman–Crippen LogP) is 4.03. The molecule has 1 saturated heterocycles.